The second-order valence-electron chi connectivity index (χ2n) is 18.6. The van der Waals surface area contributed by atoms with Crippen LogP contribution >= 0.6 is 21.6 Å². The number of ether oxygens (including phenoxy) is 6. The van der Waals surface area contributed by atoms with E-state index >= 15 is 17.6 Å². The van der Waals surface area contributed by atoms with Gasteiger partial charge in [0.1, 0.15) is 5.75 Å². The monoisotopic (exact) mass is 1060 g/mol. The number of benzene rings is 2. The Labute approximate surface area is 409 Å². The van der Waals surface area contributed by atoms with Crippen molar-refractivity contribution in [1.82, 2.24) is 5.32 Å². The van der Waals surface area contributed by atoms with E-state index in [1.807, 2.05) is 27.7 Å². The van der Waals surface area contributed by atoms with E-state index in [4.69, 9.17) is 23.7 Å². The fourth-order valence-electron chi connectivity index (χ4n) is 10.2. The normalized spacial score (nSPS) is 22.3. The summed E-state index contributed by atoms with van der Waals surface area (Å²) in [4.78, 5) is 0. The molecule has 2 fully saturated rings. The van der Waals surface area contributed by atoms with Crippen molar-refractivity contribution >= 4 is 21.6 Å². The number of aryl methyl sites for hydroxylation is 1. The predicted octanol–water partition coefficient (Wildman–Crippen LogP) is 13.8. The van der Waals surface area contributed by atoms with Crippen molar-refractivity contribution in [2.24, 2.45) is 23.2 Å². The summed E-state index contributed by atoms with van der Waals surface area (Å²) < 4.78 is 212. The largest absolute Gasteiger partial charge is 0.451 e. The maximum absolute atomic E-state index is 15.3. The molecule has 70 heavy (non-hydrogen) atoms. The number of hydrogen-bond donors (Lipinski definition) is 1. The molecule has 0 aromatic heterocycles. The minimum atomic E-state index is -6.81. The van der Waals surface area contributed by atoms with Crippen molar-refractivity contribution in [3.8, 4) is 11.5 Å². The van der Waals surface area contributed by atoms with Gasteiger partial charge in [0.2, 0.25) is 17.4 Å². The van der Waals surface area contributed by atoms with Gasteiger partial charge in [-0.15, -0.1) is 0 Å². The third kappa shape index (κ3) is 14.1. The van der Waals surface area contributed by atoms with Crippen LogP contribution in [0.2, 0.25) is 0 Å². The first kappa shape index (κ1) is 58.7. The van der Waals surface area contributed by atoms with Crippen molar-refractivity contribution in [2.45, 2.75) is 141 Å². The fourth-order valence-corrected chi connectivity index (χ4v) is 12.1. The summed E-state index contributed by atoms with van der Waals surface area (Å²) in [5.41, 5.74) is -5.75. The molecule has 1 N–H and O–H groups in total. The first-order valence-electron chi connectivity index (χ1n) is 23.8. The smallest absolute Gasteiger partial charge is 0.435 e. The molecule has 3 aliphatic rings. The van der Waals surface area contributed by atoms with Crippen LogP contribution in [0, 0.1) is 46.4 Å². The molecule has 5 rings (SSSR count). The summed E-state index contributed by atoms with van der Waals surface area (Å²) in [5, 5.41) is 2.85. The van der Waals surface area contributed by atoms with E-state index in [1.165, 1.54) is 6.07 Å². The topological polar surface area (TPSA) is 67.4 Å². The third-order valence-corrected chi connectivity index (χ3v) is 16.1. The molecule has 0 spiro atoms. The molecule has 6 unspecified atom stereocenters. The zero-order valence-electron chi connectivity index (χ0n) is 39.7. The Balaban J connectivity index is 1.04. The van der Waals surface area contributed by atoms with Gasteiger partial charge in [-0.3, -0.25) is 0 Å². The van der Waals surface area contributed by atoms with Crippen LogP contribution in [-0.2, 0) is 36.6 Å². The van der Waals surface area contributed by atoms with Crippen molar-refractivity contribution in [1.29, 1.82) is 0 Å². The molecule has 7 nitrogen and oxygen atoms in total. The van der Waals surface area contributed by atoms with E-state index in [0.717, 1.165) is 35.5 Å². The van der Waals surface area contributed by atoms with Gasteiger partial charge in [0.25, 0.3) is 0 Å². The minimum absolute atomic E-state index is 0.0203. The first-order chi connectivity index (χ1) is 33.0. The van der Waals surface area contributed by atoms with Gasteiger partial charge >= 0.3 is 24.1 Å². The highest BCUT2D eigenvalue weighted by atomic mass is 33.1. The first-order valence-corrected chi connectivity index (χ1v) is 26.3. The summed E-state index contributed by atoms with van der Waals surface area (Å²) in [6, 6.07) is 4.82. The standard InChI is InChI=1S/C48H64F13NO6S2/c1-5-63-27-30(28-66-29(2)3)9-6-19-64-22-24-70-69-23-7-18-62-26-36-39(49)41(51)43(42(52)40(36)50)68-32-11-13-33-31(25-32)10-12-35-34(33)16-17-44(4)37(35)14-15-38(44)65-20-8-21-67-45(46(53,54)55,47(56,57)58)48(59,60)61/h11,13,25,29-30,34-35,37-38,62H,5-10,12,14-24,26-28H2,1-4H3. The lowest BCUT2D eigenvalue weighted by Gasteiger charge is -2.50. The van der Waals surface area contributed by atoms with Gasteiger partial charge < -0.3 is 33.7 Å². The van der Waals surface area contributed by atoms with Gasteiger partial charge in [0.15, 0.2) is 11.6 Å². The molecule has 0 amide bonds. The van der Waals surface area contributed by atoms with Crippen LogP contribution in [0.4, 0.5) is 57.1 Å². The number of rotatable bonds is 28. The molecule has 0 heterocycles. The van der Waals surface area contributed by atoms with Crippen LogP contribution in [0.3, 0.4) is 0 Å². The average molecular weight is 1060 g/mol. The van der Waals surface area contributed by atoms with Gasteiger partial charge in [-0.2, -0.15) is 48.3 Å². The Kier molecular flexibility index (Phi) is 21.7. The molecular formula is C48H64F13NO6S2. The second-order valence-corrected chi connectivity index (χ2v) is 21.3. The van der Waals surface area contributed by atoms with E-state index in [-0.39, 0.29) is 29.6 Å². The zero-order valence-corrected chi connectivity index (χ0v) is 41.4. The molecular weight excluding hydrogens is 998 g/mol. The molecule has 0 radical (unpaired) electrons. The summed E-state index contributed by atoms with van der Waals surface area (Å²) in [7, 11) is 3.27. The number of fused-ring (bicyclic) bond motifs is 5. The molecule has 0 bridgehead atoms. The lowest BCUT2D eigenvalue weighted by atomic mass is 9.55. The molecule has 2 saturated carbocycles. The van der Waals surface area contributed by atoms with E-state index < -0.39 is 96.4 Å². The molecule has 2 aromatic carbocycles. The van der Waals surface area contributed by atoms with Crippen LogP contribution in [0.15, 0.2) is 18.2 Å². The molecule has 3 aliphatic carbocycles. The lowest BCUT2D eigenvalue weighted by molar-refractivity contribution is -0.457. The highest BCUT2D eigenvalue weighted by Gasteiger charge is 2.85. The molecule has 400 valence electrons. The average Bonchev–Trinajstić information content (AvgIpc) is 3.62. The minimum Gasteiger partial charge on any atom is -0.451 e. The second kappa shape index (κ2) is 25.8. The van der Waals surface area contributed by atoms with Crippen molar-refractivity contribution in [3.63, 3.8) is 0 Å². The van der Waals surface area contributed by atoms with Crippen LogP contribution in [-0.4, -0.2) is 101 Å². The summed E-state index contributed by atoms with van der Waals surface area (Å²) >= 11 is 0. The maximum atomic E-state index is 15.3. The zero-order chi connectivity index (χ0) is 51.5. The SMILES string of the molecule is CCOCC(CCCOCCSSCCCNCc1c(F)c(F)c(Oc2ccc3c(c2)CCC2C3CCC3(C)C(OCCCOC(C(F)(F)F)(C(F)(F)F)C(F)(F)F)CCC23)c(F)c1F)COC(C)C. The van der Waals surface area contributed by atoms with E-state index in [0.29, 0.717) is 90.4 Å². The molecule has 0 aliphatic heterocycles. The third-order valence-electron chi connectivity index (χ3n) is 13.7. The molecule has 22 heteroatoms. The number of nitrogens with one attached hydrogen (secondary N) is 1. The van der Waals surface area contributed by atoms with Crippen LogP contribution in [0.25, 0.3) is 0 Å². The van der Waals surface area contributed by atoms with Gasteiger partial charge in [-0.25, -0.2) is 8.78 Å². The quantitative estimate of drug-likeness (QED) is 0.0388. The Morgan fingerprint density at radius 1 is 0.757 bits per heavy atom. The van der Waals surface area contributed by atoms with Crippen molar-refractivity contribution in [2.75, 3.05) is 64.3 Å². The Bertz CT molecular complexity index is 1890. The maximum Gasteiger partial charge on any atom is 0.435 e. The molecule has 2 aromatic rings. The number of hydrogen-bond acceptors (Lipinski definition) is 9. The van der Waals surface area contributed by atoms with Crippen LogP contribution < -0.4 is 10.1 Å². The van der Waals surface area contributed by atoms with Gasteiger partial charge in [0.05, 0.1) is 38.6 Å². The summed E-state index contributed by atoms with van der Waals surface area (Å²) in [6.07, 6.45) is -15.2. The van der Waals surface area contributed by atoms with E-state index in [2.05, 4.69) is 10.1 Å². The molecule has 6 atom stereocenters. The van der Waals surface area contributed by atoms with E-state index in [1.54, 1.807) is 33.7 Å². The highest BCUT2D eigenvalue weighted by Crippen LogP contribution is 2.62. The predicted molar refractivity (Wildman–Crippen MR) is 241 cm³/mol. The Morgan fingerprint density at radius 2 is 1.44 bits per heavy atom. The number of halogens is 13. The van der Waals surface area contributed by atoms with Crippen LogP contribution in [0.5, 0.6) is 11.5 Å². The van der Waals surface area contributed by atoms with Crippen molar-refractivity contribution < 1.29 is 85.5 Å². The van der Waals surface area contributed by atoms with Gasteiger partial charge in [-0.05, 0) is 138 Å². The fraction of sp³-hybridized carbons (Fsp3) is 0.750. The summed E-state index contributed by atoms with van der Waals surface area (Å²) in [5.74, 6) is -5.55. The van der Waals surface area contributed by atoms with Crippen molar-refractivity contribution in [3.05, 3.63) is 58.2 Å². The highest BCUT2D eigenvalue weighted by molar-refractivity contribution is 8.76. The van der Waals surface area contributed by atoms with Gasteiger partial charge in [0, 0.05) is 49.4 Å². The molecule has 0 saturated heterocycles. The van der Waals surface area contributed by atoms with Crippen LogP contribution in [0.1, 0.15) is 108 Å². The number of alkyl halides is 9. The lowest BCUT2D eigenvalue weighted by Crippen LogP contribution is -2.67. The summed E-state index contributed by atoms with van der Waals surface area (Å²) in [6.45, 7) is 9.18. The Morgan fingerprint density at radius 3 is 2.10 bits per heavy atom. The van der Waals surface area contributed by atoms with E-state index in [9.17, 15) is 39.5 Å². The Hall–Kier alpha value is -2.21. The van der Waals surface area contributed by atoms with Gasteiger partial charge in [-0.1, -0.05) is 34.6 Å².